The third-order valence-electron chi connectivity index (χ3n) is 9.11. The lowest BCUT2D eigenvalue weighted by Crippen LogP contribution is -2.81. The van der Waals surface area contributed by atoms with E-state index in [-0.39, 0.29) is 0 Å². The van der Waals surface area contributed by atoms with Crippen molar-refractivity contribution in [3.8, 4) is 5.75 Å². The number of nitrogens with zero attached hydrogens (tertiary/aromatic N) is 2. The van der Waals surface area contributed by atoms with E-state index in [1.54, 1.807) is 18.1 Å². The van der Waals surface area contributed by atoms with Crippen LogP contribution in [-0.2, 0) is 19.7 Å². The zero-order valence-electron chi connectivity index (χ0n) is 18.6. The Kier molecular flexibility index (Phi) is 3.79. The number of rotatable bonds is 2. The fourth-order valence-corrected chi connectivity index (χ4v) is 8.13. The number of benzene rings is 1. The highest BCUT2D eigenvalue weighted by atomic mass is 16.5. The largest absolute Gasteiger partial charge is 0.497 e. The highest BCUT2D eigenvalue weighted by Crippen LogP contribution is 2.77. The molecule has 170 valence electrons. The number of amides is 1. The van der Waals surface area contributed by atoms with E-state index in [9.17, 15) is 14.7 Å². The molecule has 7 rings (SSSR count). The fraction of sp³-hybridized carbons (Fsp3) is 0.583. The second-order valence-electron chi connectivity index (χ2n) is 9.67. The van der Waals surface area contributed by atoms with E-state index in [4.69, 9.17) is 14.2 Å². The fourth-order valence-electron chi connectivity index (χ4n) is 8.13. The number of methoxy groups -OCH3 is 3. The summed E-state index contributed by atoms with van der Waals surface area (Å²) in [6.07, 6.45) is 4.98. The maximum atomic E-state index is 13.4. The normalized spacial score (nSPS) is 38.5. The van der Waals surface area contributed by atoms with E-state index in [0.717, 1.165) is 24.9 Å². The number of fused-ring (bicyclic) bond motifs is 2. The number of esters is 1. The number of anilines is 1. The van der Waals surface area contributed by atoms with Gasteiger partial charge in [0, 0.05) is 18.5 Å². The van der Waals surface area contributed by atoms with Crippen LogP contribution in [0.3, 0.4) is 0 Å². The SMILES string of the molecule is COC(=O)C1=CC23CCCN4CCC5(c6cc(OC)ccc6N(C(=O)OC)C15CC2)C43O. The van der Waals surface area contributed by atoms with Gasteiger partial charge in [-0.1, -0.05) is 6.08 Å². The summed E-state index contributed by atoms with van der Waals surface area (Å²) in [6.45, 7) is 1.48. The van der Waals surface area contributed by atoms with E-state index >= 15 is 0 Å². The Bertz CT molecular complexity index is 1090. The molecule has 0 aromatic heterocycles. The third-order valence-corrected chi connectivity index (χ3v) is 9.11. The molecule has 1 saturated carbocycles. The predicted molar refractivity (Wildman–Crippen MR) is 114 cm³/mol. The molecule has 6 aliphatic rings. The zero-order valence-corrected chi connectivity index (χ0v) is 18.6. The molecule has 0 radical (unpaired) electrons. The van der Waals surface area contributed by atoms with Crippen molar-refractivity contribution < 1.29 is 28.9 Å². The van der Waals surface area contributed by atoms with Gasteiger partial charge in [0.05, 0.1) is 43.5 Å². The molecule has 1 aromatic rings. The maximum Gasteiger partial charge on any atom is 0.414 e. The lowest BCUT2D eigenvalue weighted by Gasteiger charge is -2.70. The van der Waals surface area contributed by atoms with Crippen molar-refractivity contribution in [3.63, 3.8) is 0 Å². The maximum absolute atomic E-state index is 13.4. The van der Waals surface area contributed by atoms with Crippen molar-refractivity contribution in [1.29, 1.82) is 0 Å². The number of carbonyl (C=O) groups is 2. The molecule has 3 aliphatic carbocycles. The highest BCUT2D eigenvalue weighted by Gasteiger charge is 2.86. The first kappa shape index (κ1) is 20.1. The predicted octanol–water partition coefficient (Wildman–Crippen LogP) is 2.34. The van der Waals surface area contributed by atoms with Gasteiger partial charge in [-0.25, -0.2) is 9.59 Å². The minimum atomic E-state index is -1.22. The summed E-state index contributed by atoms with van der Waals surface area (Å²) in [4.78, 5) is 30.4. The number of ether oxygens (including phenoxy) is 3. The number of piperidine rings is 1. The Morgan fingerprint density at radius 2 is 1.84 bits per heavy atom. The molecule has 32 heavy (non-hydrogen) atoms. The highest BCUT2D eigenvalue weighted by molar-refractivity contribution is 6.03. The summed E-state index contributed by atoms with van der Waals surface area (Å²) in [5.41, 5.74) is -1.84. The van der Waals surface area contributed by atoms with Crippen LogP contribution < -0.4 is 9.64 Å². The summed E-state index contributed by atoms with van der Waals surface area (Å²) in [7, 11) is 4.32. The van der Waals surface area contributed by atoms with Crippen molar-refractivity contribution in [3.05, 3.63) is 35.4 Å². The van der Waals surface area contributed by atoms with Gasteiger partial charge in [0.15, 0.2) is 0 Å². The summed E-state index contributed by atoms with van der Waals surface area (Å²) in [5.74, 6) is 0.195. The molecule has 3 heterocycles. The van der Waals surface area contributed by atoms with Gasteiger partial charge < -0.3 is 19.3 Å². The zero-order chi connectivity index (χ0) is 22.5. The Balaban J connectivity index is 1.77. The van der Waals surface area contributed by atoms with Crippen LogP contribution >= 0.6 is 0 Å². The van der Waals surface area contributed by atoms with Gasteiger partial charge in [0.1, 0.15) is 11.5 Å². The van der Waals surface area contributed by atoms with Crippen molar-refractivity contribution in [2.75, 3.05) is 39.3 Å². The van der Waals surface area contributed by atoms with Crippen LogP contribution in [0.4, 0.5) is 10.5 Å². The van der Waals surface area contributed by atoms with Crippen LogP contribution in [0, 0.1) is 5.41 Å². The average molecular weight is 440 g/mol. The van der Waals surface area contributed by atoms with Gasteiger partial charge in [-0.05, 0) is 55.9 Å². The van der Waals surface area contributed by atoms with E-state index < -0.39 is 34.2 Å². The standard InChI is InChI=1S/C24H28N2O6/c1-30-15-5-6-18-16(13-15)22-10-12-25-11-4-7-21(24(22,25)29)8-9-23(22,26(18)20(28)32-3)17(14-21)19(27)31-2/h5-6,13-14,29H,4,7-12H2,1-3H3. The number of hydrogen-bond donors (Lipinski definition) is 1. The quantitative estimate of drug-likeness (QED) is 0.706. The Labute approximate surface area is 186 Å². The number of hydrogen-bond acceptors (Lipinski definition) is 7. The van der Waals surface area contributed by atoms with Gasteiger partial charge in [0.2, 0.25) is 0 Å². The van der Waals surface area contributed by atoms with Crippen LogP contribution in [-0.4, -0.2) is 67.8 Å². The summed E-state index contributed by atoms with van der Waals surface area (Å²) in [5, 5.41) is 12.8. The number of carbonyl (C=O) groups excluding carboxylic acids is 2. The summed E-state index contributed by atoms with van der Waals surface area (Å²) >= 11 is 0. The molecular formula is C24H28N2O6. The van der Waals surface area contributed by atoms with E-state index in [2.05, 4.69) is 4.90 Å². The minimum Gasteiger partial charge on any atom is -0.497 e. The molecular weight excluding hydrogens is 412 g/mol. The second-order valence-corrected chi connectivity index (χ2v) is 9.67. The Hall–Kier alpha value is -2.58. The van der Waals surface area contributed by atoms with Crippen molar-refractivity contribution in [1.82, 2.24) is 4.90 Å². The van der Waals surface area contributed by atoms with Crippen molar-refractivity contribution in [2.45, 2.75) is 48.8 Å². The lowest BCUT2D eigenvalue weighted by atomic mass is 9.40. The Morgan fingerprint density at radius 3 is 2.56 bits per heavy atom. The van der Waals surface area contributed by atoms with Crippen molar-refractivity contribution >= 4 is 17.7 Å². The molecule has 1 amide bonds. The van der Waals surface area contributed by atoms with Crippen LogP contribution in [0.2, 0.25) is 0 Å². The number of aliphatic hydroxyl groups is 1. The molecule has 1 N–H and O–H groups in total. The minimum absolute atomic E-state index is 0.455. The van der Waals surface area contributed by atoms with Crippen molar-refractivity contribution in [2.24, 2.45) is 5.41 Å². The van der Waals surface area contributed by atoms with Crippen LogP contribution in [0.1, 0.15) is 37.7 Å². The monoisotopic (exact) mass is 440 g/mol. The summed E-state index contributed by atoms with van der Waals surface area (Å²) < 4.78 is 16.1. The first-order chi connectivity index (χ1) is 15.4. The van der Waals surface area contributed by atoms with Gasteiger partial charge in [-0.15, -0.1) is 0 Å². The van der Waals surface area contributed by atoms with Crippen LogP contribution in [0.5, 0.6) is 5.75 Å². The molecule has 2 saturated heterocycles. The molecule has 3 aliphatic heterocycles. The molecule has 1 aromatic carbocycles. The lowest BCUT2D eigenvalue weighted by molar-refractivity contribution is -0.251. The van der Waals surface area contributed by atoms with Gasteiger partial charge in [-0.2, -0.15) is 0 Å². The molecule has 3 spiro atoms. The topological polar surface area (TPSA) is 88.5 Å². The van der Waals surface area contributed by atoms with E-state index in [1.165, 1.54) is 14.2 Å². The molecule has 4 unspecified atom stereocenters. The summed E-state index contributed by atoms with van der Waals surface area (Å²) in [6, 6.07) is 5.58. The first-order valence-electron chi connectivity index (χ1n) is 11.2. The molecule has 4 atom stereocenters. The smallest absolute Gasteiger partial charge is 0.414 e. The van der Waals surface area contributed by atoms with E-state index in [0.29, 0.717) is 42.8 Å². The average Bonchev–Trinajstić information content (AvgIpc) is 3.27. The molecule has 8 heteroatoms. The van der Waals surface area contributed by atoms with Crippen LogP contribution in [0.15, 0.2) is 29.8 Å². The second kappa shape index (κ2) is 6.05. The molecule has 3 fully saturated rings. The van der Waals surface area contributed by atoms with Gasteiger partial charge in [-0.3, -0.25) is 9.80 Å². The Morgan fingerprint density at radius 1 is 1.03 bits per heavy atom. The van der Waals surface area contributed by atoms with Gasteiger partial charge in [0.25, 0.3) is 0 Å². The van der Waals surface area contributed by atoms with E-state index in [1.807, 2.05) is 18.2 Å². The first-order valence-corrected chi connectivity index (χ1v) is 11.2. The third kappa shape index (κ3) is 1.76. The molecule has 8 nitrogen and oxygen atoms in total. The molecule has 2 bridgehead atoms. The van der Waals surface area contributed by atoms with Gasteiger partial charge >= 0.3 is 12.1 Å². The van der Waals surface area contributed by atoms with Crippen LogP contribution in [0.25, 0.3) is 0 Å².